The quantitative estimate of drug-likeness (QED) is 0.907. The van der Waals surface area contributed by atoms with E-state index in [9.17, 15) is 4.79 Å². The van der Waals surface area contributed by atoms with Crippen molar-refractivity contribution in [2.45, 2.75) is 0 Å². The molecule has 0 aromatic heterocycles. The van der Waals surface area contributed by atoms with Crippen molar-refractivity contribution in [2.24, 2.45) is 0 Å². The highest BCUT2D eigenvalue weighted by Gasteiger charge is 2.22. The number of aliphatic hydroxyl groups is 1. The minimum atomic E-state index is 0.0121. The number of hydrogen-bond acceptors (Lipinski definition) is 3. The number of nitrogens with zero attached hydrogens (tertiary/aromatic N) is 2. The van der Waals surface area contributed by atoms with Gasteiger partial charge in [0, 0.05) is 42.8 Å². The van der Waals surface area contributed by atoms with Crippen LogP contribution in [0.4, 0.5) is 0 Å². The van der Waals surface area contributed by atoms with E-state index in [4.69, 9.17) is 16.7 Å². The molecule has 0 radical (unpaired) electrons. The highest BCUT2D eigenvalue weighted by atomic mass is 79.9. The molecule has 0 aliphatic carbocycles. The van der Waals surface area contributed by atoms with Crippen molar-refractivity contribution in [3.8, 4) is 0 Å². The van der Waals surface area contributed by atoms with Crippen molar-refractivity contribution >= 4 is 33.4 Å². The number of benzene rings is 1. The van der Waals surface area contributed by atoms with Crippen LogP contribution < -0.4 is 0 Å². The monoisotopic (exact) mass is 346 g/mol. The highest BCUT2D eigenvalue weighted by Crippen LogP contribution is 2.24. The Hall–Kier alpha value is -0.620. The molecule has 1 heterocycles. The lowest BCUT2D eigenvalue weighted by molar-refractivity contribution is 0.0615. The number of carbonyl (C=O) groups is 1. The van der Waals surface area contributed by atoms with Gasteiger partial charge in [0.05, 0.1) is 11.6 Å². The lowest BCUT2D eigenvalue weighted by Crippen LogP contribution is -2.49. The molecule has 0 bridgehead atoms. The van der Waals surface area contributed by atoms with Crippen LogP contribution in [0, 0.1) is 0 Å². The second-order valence-electron chi connectivity index (χ2n) is 4.49. The van der Waals surface area contributed by atoms with Crippen LogP contribution >= 0.6 is 27.5 Å². The standard InChI is InChI=1S/C13H16BrClN2O2/c14-11-2-1-10(9-12(11)15)13(19)17-5-3-16(4-6-17)7-8-18/h1-2,9,18H,3-8H2. The molecule has 1 aliphatic heterocycles. The van der Waals surface area contributed by atoms with Crippen molar-refractivity contribution in [1.29, 1.82) is 0 Å². The summed E-state index contributed by atoms with van der Waals surface area (Å²) in [6.07, 6.45) is 0. The first-order valence-electron chi connectivity index (χ1n) is 6.19. The van der Waals surface area contributed by atoms with Crippen LogP contribution in [0.5, 0.6) is 0 Å². The molecule has 1 aromatic rings. The Morgan fingerprint density at radius 2 is 2.00 bits per heavy atom. The highest BCUT2D eigenvalue weighted by molar-refractivity contribution is 9.10. The van der Waals surface area contributed by atoms with Crippen LogP contribution in [0.3, 0.4) is 0 Å². The summed E-state index contributed by atoms with van der Waals surface area (Å²) in [6.45, 7) is 3.81. The molecule has 0 saturated carbocycles. The Kier molecular flexibility index (Phi) is 5.21. The average Bonchev–Trinajstić information content (AvgIpc) is 2.42. The average molecular weight is 348 g/mol. The second-order valence-corrected chi connectivity index (χ2v) is 5.75. The maximum atomic E-state index is 12.3. The van der Waals surface area contributed by atoms with Crippen molar-refractivity contribution in [3.05, 3.63) is 33.3 Å². The van der Waals surface area contributed by atoms with Gasteiger partial charge in [-0.05, 0) is 34.1 Å². The molecule has 0 atom stereocenters. The third-order valence-corrected chi connectivity index (χ3v) is 4.47. The fourth-order valence-electron chi connectivity index (χ4n) is 2.13. The first-order chi connectivity index (χ1) is 9.11. The maximum Gasteiger partial charge on any atom is 0.253 e. The number of rotatable bonds is 3. The van der Waals surface area contributed by atoms with Gasteiger partial charge in [-0.3, -0.25) is 9.69 Å². The topological polar surface area (TPSA) is 43.8 Å². The van der Waals surface area contributed by atoms with E-state index in [2.05, 4.69) is 20.8 Å². The summed E-state index contributed by atoms with van der Waals surface area (Å²) in [4.78, 5) is 16.3. The van der Waals surface area contributed by atoms with E-state index in [0.29, 0.717) is 30.2 Å². The lowest BCUT2D eigenvalue weighted by Gasteiger charge is -2.34. The van der Waals surface area contributed by atoms with E-state index in [1.165, 1.54) is 0 Å². The normalized spacial score (nSPS) is 16.7. The predicted molar refractivity (Wildman–Crippen MR) is 78.6 cm³/mol. The van der Waals surface area contributed by atoms with Crippen LogP contribution in [0.2, 0.25) is 5.02 Å². The van der Waals surface area contributed by atoms with Gasteiger partial charge in [0.1, 0.15) is 0 Å². The predicted octanol–water partition coefficient (Wildman–Crippen LogP) is 1.85. The SMILES string of the molecule is O=C(c1ccc(Br)c(Cl)c1)N1CCN(CCO)CC1. The maximum absolute atomic E-state index is 12.3. The zero-order valence-corrected chi connectivity index (χ0v) is 12.8. The molecule has 2 rings (SSSR count). The summed E-state index contributed by atoms with van der Waals surface area (Å²) in [7, 11) is 0. The van der Waals surface area contributed by atoms with Gasteiger partial charge in [0.2, 0.25) is 0 Å². The number of β-amino-alcohol motifs (C(OH)–C–C–N with tert-alkyl or cyclic N) is 1. The van der Waals surface area contributed by atoms with Crippen LogP contribution in [-0.2, 0) is 0 Å². The van der Waals surface area contributed by atoms with Crippen LogP contribution in [-0.4, -0.2) is 60.1 Å². The zero-order valence-electron chi connectivity index (χ0n) is 10.5. The van der Waals surface area contributed by atoms with E-state index in [1.807, 2.05) is 4.90 Å². The van der Waals surface area contributed by atoms with Gasteiger partial charge in [-0.25, -0.2) is 0 Å². The van der Waals surface area contributed by atoms with Crippen molar-refractivity contribution in [1.82, 2.24) is 9.80 Å². The molecule has 1 fully saturated rings. The molecule has 4 nitrogen and oxygen atoms in total. The second kappa shape index (κ2) is 6.70. The molecule has 1 N–H and O–H groups in total. The first kappa shape index (κ1) is 14.8. The summed E-state index contributed by atoms with van der Waals surface area (Å²) >= 11 is 9.32. The summed E-state index contributed by atoms with van der Waals surface area (Å²) in [5, 5.41) is 9.43. The molecular weight excluding hydrogens is 332 g/mol. The van der Waals surface area contributed by atoms with Gasteiger partial charge in [-0.2, -0.15) is 0 Å². The van der Waals surface area contributed by atoms with Gasteiger partial charge < -0.3 is 10.0 Å². The molecule has 1 aromatic carbocycles. The number of piperazine rings is 1. The van der Waals surface area contributed by atoms with E-state index < -0.39 is 0 Å². The molecule has 0 spiro atoms. The van der Waals surface area contributed by atoms with Gasteiger partial charge >= 0.3 is 0 Å². The fraction of sp³-hybridized carbons (Fsp3) is 0.462. The first-order valence-corrected chi connectivity index (χ1v) is 7.36. The summed E-state index contributed by atoms with van der Waals surface area (Å²) in [5.41, 5.74) is 0.615. The number of aliphatic hydroxyl groups excluding tert-OH is 1. The summed E-state index contributed by atoms with van der Waals surface area (Å²) in [6, 6.07) is 5.25. The fourth-order valence-corrected chi connectivity index (χ4v) is 2.55. The Labute approximate surface area is 126 Å². The number of halogens is 2. The number of hydrogen-bond donors (Lipinski definition) is 1. The van der Waals surface area contributed by atoms with Gasteiger partial charge in [0.25, 0.3) is 5.91 Å². The summed E-state index contributed by atoms with van der Waals surface area (Å²) < 4.78 is 0.790. The molecule has 6 heteroatoms. The Balaban J connectivity index is 1.99. The minimum Gasteiger partial charge on any atom is -0.395 e. The number of carbonyl (C=O) groups excluding carboxylic acids is 1. The minimum absolute atomic E-state index is 0.0121. The third kappa shape index (κ3) is 3.69. The molecule has 104 valence electrons. The Morgan fingerprint density at radius 3 is 2.58 bits per heavy atom. The van der Waals surface area contributed by atoms with Crippen LogP contribution in [0.15, 0.2) is 22.7 Å². The summed E-state index contributed by atoms with van der Waals surface area (Å²) in [5.74, 6) is 0.0121. The van der Waals surface area contributed by atoms with Gasteiger partial charge in [0.15, 0.2) is 0 Å². The van der Waals surface area contributed by atoms with Crippen molar-refractivity contribution in [2.75, 3.05) is 39.3 Å². The van der Waals surface area contributed by atoms with E-state index >= 15 is 0 Å². The van der Waals surface area contributed by atoms with Gasteiger partial charge in [-0.1, -0.05) is 11.6 Å². The molecule has 19 heavy (non-hydrogen) atoms. The Bertz CT molecular complexity index is 462. The molecular formula is C13H16BrClN2O2. The number of amides is 1. The lowest BCUT2D eigenvalue weighted by atomic mass is 10.2. The van der Waals surface area contributed by atoms with Gasteiger partial charge in [-0.15, -0.1) is 0 Å². The van der Waals surface area contributed by atoms with E-state index in [-0.39, 0.29) is 12.5 Å². The van der Waals surface area contributed by atoms with Crippen LogP contribution in [0.1, 0.15) is 10.4 Å². The van der Waals surface area contributed by atoms with E-state index in [1.54, 1.807) is 18.2 Å². The van der Waals surface area contributed by atoms with E-state index in [0.717, 1.165) is 17.6 Å². The third-order valence-electron chi connectivity index (χ3n) is 3.24. The smallest absolute Gasteiger partial charge is 0.253 e. The molecule has 1 saturated heterocycles. The van der Waals surface area contributed by atoms with Crippen molar-refractivity contribution in [3.63, 3.8) is 0 Å². The molecule has 1 aliphatic rings. The largest absolute Gasteiger partial charge is 0.395 e. The molecule has 1 amide bonds. The zero-order chi connectivity index (χ0) is 13.8. The van der Waals surface area contributed by atoms with Crippen LogP contribution in [0.25, 0.3) is 0 Å². The molecule has 0 unspecified atom stereocenters. The van der Waals surface area contributed by atoms with Crippen molar-refractivity contribution < 1.29 is 9.90 Å². The Morgan fingerprint density at radius 1 is 1.32 bits per heavy atom.